The second-order valence-corrected chi connectivity index (χ2v) is 8.72. The standard InChI is InChI=1S/C25H32FN3O3/c1-18-15-29(16-19(2)32-18)24-7-6-20(13-23(24)26)14-27-25(30)22-5-3-4-21(12-22)17-28-8-10-31-11-9-28/h3-7,12-13,18-19H,8-11,14-17H2,1-2H3,(H,27,30). The van der Waals surface area contributed by atoms with Crippen LogP contribution in [0.2, 0.25) is 0 Å². The lowest BCUT2D eigenvalue weighted by Crippen LogP contribution is -2.45. The van der Waals surface area contributed by atoms with E-state index in [1.165, 1.54) is 6.07 Å². The molecule has 1 N–H and O–H groups in total. The highest BCUT2D eigenvalue weighted by Crippen LogP contribution is 2.24. The number of rotatable bonds is 6. The highest BCUT2D eigenvalue weighted by molar-refractivity contribution is 5.94. The fraction of sp³-hybridized carbons (Fsp3) is 0.480. The minimum atomic E-state index is -0.273. The molecule has 2 saturated heterocycles. The first-order chi connectivity index (χ1) is 15.5. The Balaban J connectivity index is 1.34. The summed E-state index contributed by atoms with van der Waals surface area (Å²) in [6, 6.07) is 12.9. The molecule has 7 heteroatoms. The molecular formula is C25H32FN3O3. The minimum absolute atomic E-state index is 0.0659. The topological polar surface area (TPSA) is 54.0 Å². The number of hydrogen-bond donors (Lipinski definition) is 1. The van der Waals surface area contributed by atoms with E-state index in [1.54, 1.807) is 6.07 Å². The lowest BCUT2D eigenvalue weighted by atomic mass is 10.1. The third-order valence-corrected chi connectivity index (χ3v) is 5.92. The quantitative estimate of drug-likeness (QED) is 0.746. The van der Waals surface area contributed by atoms with Gasteiger partial charge in [0, 0.05) is 44.8 Å². The Labute approximate surface area is 189 Å². The van der Waals surface area contributed by atoms with Crippen molar-refractivity contribution in [1.82, 2.24) is 10.2 Å². The van der Waals surface area contributed by atoms with Crippen LogP contribution in [0.1, 0.15) is 35.3 Å². The van der Waals surface area contributed by atoms with Gasteiger partial charge in [-0.25, -0.2) is 4.39 Å². The van der Waals surface area contributed by atoms with Crippen molar-refractivity contribution in [1.29, 1.82) is 0 Å². The van der Waals surface area contributed by atoms with E-state index in [-0.39, 0.29) is 30.5 Å². The highest BCUT2D eigenvalue weighted by Gasteiger charge is 2.24. The van der Waals surface area contributed by atoms with E-state index in [0.29, 0.717) is 24.3 Å². The van der Waals surface area contributed by atoms with Gasteiger partial charge in [0.1, 0.15) is 5.82 Å². The maximum Gasteiger partial charge on any atom is 0.251 e. The predicted octanol–water partition coefficient (Wildman–Crippen LogP) is 3.20. The fourth-order valence-corrected chi connectivity index (χ4v) is 4.40. The lowest BCUT2D eigenvalue weighted by molar-refractivity contribution is -0.00539. The highest BCUT2D eigenvalue weighted by atomic mass is 19.1. The summed E-state index contributed by atoms with van der Waals surface area (Å²) in [4.78, 5) is 17.0. The molecule has 0 radical (unpaired) electrons. The predicted molar refractivity (Wildman–Crippen MR) is 122 cm³/mol. The average molecular weight is 442 g/mol. The maximum atomic E-state index is 14.8. The van der Waals surface area contributed by atoms with E-state index in [2.05, 4.69) is 10.2 Å². The third-order valence-electron chi connectivity index (χ3n) is 5.92. The van der Waals surface area contributed by atoms with Crippen molar-refractivity contribution >= 4 is 11.6 Å². The number of ether oxygens (including phenoxy) is 2. The van der Waals surface area contributed by atoms with Crippen molar-refractivity contribution in [2.75, 3.05) is 44.3 Å². The molecule has 2 heterocycles. The number of benzene rings is 2. The van der Waals surface area contributed by atoms with E-state index < -0.39 is 0 Å². The number of carbonyl (C=O) groups is 1. The number of carbonyl (C=O) groups excluding carboxylic acids is 1. The summed E-state index contributed by atoms with van der Waals surface area (Å²) in [5.41, 5.74) is 3.03. The van der Waals surface area contributed by atoms with Gasteiger partial charge in [-0.05, 0) is 49.2 Å². The van der Waals surface area contributed by atoms with E-state index in [9.17, 15) is 9.18 Å². The Morgan fingerprint density at radius 2 is 1.81 bits per heavy atom. The van der Waals surface area contributed by atoms with Crippen LogP contribution in [-0.4, -0.2) is 62.4 Å². The second kappa shape index (κ2) is 10.4. The van der Waals surface area contributed by atoms with Gasteiger partial charge in [-0.15, -0.1) is 0 Å². The van der Waals surface area contributed by atoms with E-state index >= 15 is 0 Å². The van der Waals surface area contributed by atoms with Crippen molar-refractivity contribution in [2.45, 2.75) is 39.1 Å². The van der Waals surface area contributed by atoms with Crippen LogP contribution in [0.25, 0.3) is 0 Å². The minimum Gasteiger partial charge on any atom is -0.379 e. The molecular weight excluding hydrogens is 409 g/mol. The van der Waals surface area contributed by atoms with Crippen LogP contribution in [-0.2, 0) is 22.6 Å². The molecule has 2 fully saturated rings. The summed E-state index contributed by atoms with van der Waals surface area (Å²) in [5.74, 6) is -0.431. The average Bonchev–Trinajstić information content (AvgIpc) is 2.78. The first kappa shape index (κ1) is 22.7. The molecule has 1 amide bonds. The first-order valence-electron chi connectivity index (χ1n) is 11.3. The van der Waals surface area contributed by atoms with Crippen molar-refractivity contribution in [3.05, 3.63) is 65.0 Å². The summed E-state index contributed by atoms with van der Waals surface area (Å²) in [5, 5.41) is 2.91. The summed E-state index contributed by atoms with van der Waals surface area (Å²) < 4.78 is 25.9. The van der Waals surface area contributed by atoms with Crippen molar-refractivity contribution in [2.24, 2.45) is 0 Å². The van der Waals surface area contributed by atoms with Crippen molar-refractivity contribution in [3.63, 3.8) is 0 Å². The number of anilines is 1. The summed E-state index contributed by atoms with van der Waals surface area (Å²) in [6.07, 6.45) is 0.132. The number of hydrogen-bond acceptors (Lipinski definition) is 5. The van der Waals surface area contributed by atoms with Crippen LogP contribution in [0.4, 0.5) is 10.1 Å². The summed E-state index contributed by atoms with van der Waals surface area (Å²) in [7, 11) is 0. The maximum absolute atomic E-state index is 14.8. The Morgan fingerprint density at radius 1 is 1.06 bits per heavy atom. The molecule has 2 aromatic carbocycles. The monoisotopic (exact) mass is 441 g/mol. The Hall–Kier alpha value is -2.48. The van der Waals surface area contributed by atoms with Crippen LogP contribution in [0.15, 0.2) is 42.5 Å². The van der Waals surface area contributed by atoms with Crippen LogP contribution in [0.3, 0.4) is 0 Å². The van der Waals surface area contributed by atoms with E-state index in [0.717, 1.165) is 44.0 Å². The number of nitrogens with zero attached hydrogens (tertiary/aromatic N) is 2. The molecule has 0 spiro atoms. The second-order valence-electron chi connectivity index (χ2n) is 8.72. The molecule has 2 aromatic rings. The van der Waals surface area contributed by atoms with Crippen molar-refractivity contribution in [3.8, 4) is 0 Å². The molecule has 2 atom stereocenters. The largest absolute Gasteiger partial charge is 0.379 e. The van der Waals surface area contributed by atoms with Crippen molar-refractivity contribution < 1.29 is 18.7 Å². The van der Waals surface area contributed by atoms with Crippen LogP contribution in [0, 0.1) is 5.82 Å². The smallest absolute Gasteiger partial charge is 0.251 e. The van der Waals surface area contributed by atoms with Gasteiger partial charge in [0.25, 0.3) is 5.91 Å². The van der Waals surface area contributed by atoms with Gasteiger partial charge in [0.15, 0.2) is 0 Å². The number of morpholine rings is 2. The van der Waals surface area contributed by atoms with Gasteiger partial charge in [-0.3, -0.25) is 9.69 Å². The Bertz CT molecular complexity index is 922. The van der Waals surface area contributed by atoms with E-state index in [4.69, 9.17) is 9.47 Å². The molecule has 0 saturated carbocycles. The summed E-state index contributed by atoms with van der Waals surface area (Å²) in [6.45, 7) is 9.71. The number of amides is 1. The molecule has 32 heavy (non-hydrogen) atoms. The molecule has 6 nitrogen and oxygen atoms in total. The third kappa shape index (κ3) is 5.85. The molecule has 2 aliphatic rings. The van der Waals surface area contributed by atoms with Gasteiger partial charge in [0.2, 0.25) is 0 Å². The molecule has 2 unspecified atom stereocenters. The van der Waals surface area contributed by atoms with Crippen LogP contribution in [0.5, 0.6) is 0 Å². The first-order valence-corrected chi connectivity index (χ1v) is 11.3. The zero-order chi connectivity index (χ0) is 22.5. The zero-order valence-electron chi connectivity index (χ0n) is 18.9. The number of nitrogens with one attached hydrogen (secondary N) is 1. The summed E-state index contributed by atoms with van der Waals surface area (Å²) >= 11 is 0. The van der Waals surface area contributed by atoms with Gasteiger partial charge in [-0.1, -0.05) is 18.2 Å². The molecule has 172 valence electrons. The normalized spacial score (nSPS) is 22.0. The van der Waals surface area contributed by atoms with E-state index in [1.807, 2.05) is 49.1 Å². The number of halogens is 1. The molecule has 0 bridgehead atoms. The Kier molecular flexibility index (Phi) is 7.40. The van der Waals surface area contributed by atoms with Gasteiger partial charge in [-0.2, -0.15) is 0 Å². The van der Waals surface area contributed by atoms with Crippen LogP contribution >= 0.6 is 0 Å². The SMILES string of the molecule is CC1CN(c2ccc(CNC(=O)c3cccc(CN4CCOCC4)c3)cc2F)CC(C)O1. The molecule has 2 aliphatic heterocycles. The lowest BCUT2D eigenvalue weighted by Gasteiger charge is -2.37. The van der Waals surface area contributed by atoms with Gasteiger partial charge in [0.05, 0.1) is 31.1 Å². The van der Waals surface area contributed by atoms with Gasteiger partial charge >= 0.3 is 0 Å². The Morgan fingerprint density at radius 3 is 2.53 bits per heavy atom. The zero-order valence-corrected chi connectivity index (χ0v) is 18.9. The van der Waals surface area contributed by atoms with Crippen LogP contribution < -0.4 is 10.2 Å². The molecule has 4 rings (SSSR count). The van der Waals surface area contributed by atoms with Gasteiger partial charge < -0.3 is 19.7 Å². The molecule has 0 aliphatic carbocycles. The fourth-order valence-electron chi connectivity index (χ4n) is 4.40. The molecule has 0 aromatic heterocycles.